The molecule has 28 heavy (non-hydrogen) atoms. The minimum atomic E-state index is -1.25. The van der Waals surface area contributed by atoms with Gasteiger partial charge in [-0.25, -0.2) is 4.67 Å². The standard InChI is InChI=1S/C24H22NO2P/c1-16(2)25(3)28-26-21-14-12-17-8-4-6-10-19(17)23(21)24-20-11-7-5-9-18(20)13-15-22(24)27-28/h4-16H,1-3H3. The zero-order valence-corrected chi connectivity index (χ0v) is 17.1. The summed E-state index contributed by atoms with van der Waals surface area (Å²) in [5.74, 6) is 0. The fourth-order valence-electron chi connectivity index (χ4n) is 3.68. The molecule has 0 aliphatic heterocycles. The van der Waals surface area contributed by atoms with Crippen molar-refractivity contribution in [2.24, 2.45) is 0 Å². The van der Waals surface area contributed by atoms with Crippen LogP contribution in [0.1, 0.15) is 13.8 Å². The van der Waals surface area contributed by atoms with Gasteiger partial charge in [-0.2, -0.15) is 0 Å². The number of rotatable bonds is 2. The minimum absolute atomic E-state index is 0.317. The van der Waals surface area contributed by atoms with Gasteiger partial charge < -0.3 is 8.39 Å². The summed E-state index contributed by atoms with van der Waals surface area (Å²) >= 11 is 0. The third-order valence-electron chi connectivity index (χ3n) is 5.39. The molecule has 4 heteroatoms. The molecule has 3 nitrogen and oxygen atoms in total. The highest BCUT2D eigenvalue weighted by molar-refractivity contribution is 7.38. The predicted octanol–water partition coefficient (Wildman–Crippen LogP) is 7.57. The fraction of sp³-hybridized carbons (Fsp3) is 0.167. The normalized spacial score (nSPS) is 12.0. The summed E-state index contributed by atoms with van der Waals surface area (Å²) in [6, 6.07) is 25.7. The van der Waals surface area contributed by atoms with Crippen LogP contribution in [0.4, 0.5) is 0 Å². The first kappa shape index (κ1) is 17.4. The van der Waals surface area contributed by atoms with Crippen molar-refractivity contribution in [1.29, 1.82) is 0 Å². The molecule has 0 saturated heterocycles. The largest absolute Gasteiger partial charge is 0.408 e. The summed E-state index contributed by atoms with van der Waals surface area (Å²) < 4.78 is 15.1. The summed E-state index contributed by atoms with van der Waals surface area (Å²) in [6.45, 7) is 4.31. The van der Waals surface area contributed by atoms with Gasteiger partial charge in [0.15, 0.2) is 0 Å². The van der Waals surface area contributed by atoms with E-state index < -0.39 is 8.16 Å². The Balaban J connectivity index is 2.10. The molecule has 5 aromatic rings. The highest BCUT2D eigenvalue weighted by atomic mass is 31.1. The molecule has 0 unspecified atom stereocenters. The van der Waals surface area contributed by atoms with Gasteiger partial charge in [-0.05, 0) is 47.5 Å². The second-order valence-corrected chi connectivity index (χ2v) is 8.88. The average molecular weight is 387 g/mol. The maximum atomic E-state index is 6.49. The molecular formula is C24H22NO2P. The smallest absolute Gasteiger partial charge is 0.309 e. The van der Waals surface area contributed by atoms with E-state index in [2.05, 4.69) is 98.4 Å². The maximum Gasteiger partial charge on any atom is 0.309 e. The first-order chi connectivity index (χ1) is 13.6. The SMILES string of the molecule is CC(C)N(C)p1oc2ccc3ccccc3c2c2c(ccc3ccccc32)o1. The summed E-state index contributed by atoms with van der Waals surface area (Å²) in [6.07, 6.45) is 0. The second-order valence-electron chi connectivity index (χ2n) is 7.41. The Hall–Kier alpha value is -2.74. The Morgan fingerprint density at radius 2 is 1.14 bits per heavy atom. The molecule has 0 atom stereocenters. The lowest BCUT2D eigenvalue weighted by atomic mass is 9.99. The van der Waals surface area contributed by atoms with E-state index in [-0.39, 0.29) is 0 Å². The predicted molar refractivity (Wildman–Crippen MR) is 121 cm³/mol. The van der Waals surface area contributed by atoms with Gasteiger partial charge in [0.05, 0.1) is 0 Å². The van der Waals surface area contributed by atoms with Gasteiger partial charge in [-0.3, -0.25) is 0 Å². The zero-order valence-electron chi connectivity index (χ0n) is 16.2. The number of hydrogen-bond donors (Lipinski definition) is 0. The molecule has 0 N–H and O–H groups in total. The molecule has 0 saturated carbocycles. The molecule has 1 heterocycles. The minimum Gasteiger partial charge on any atom is -0.408 e. The van der Waals surface area contributed by atoms with Gasteiger partial charge >= 0.3 is 8.16 Å². The van der Waals surface area contributed by atoms with E-state index in [0.29, 0.717) is 6.04 Å². The summed E-state index contributed by atoms with van der Waals surface area (Å²) in [4.78, 5) is 0. The second kappa shape index (κ2) is 6.70. The van der Waals surface area contributed by atoms with Crippen LogP contribution in [0.15, 0.2) is 81.2 Å². The van der Waals surface area contributed by atoms with Gasteiger partial charge in [0.25, 0.3) is 0 Å². The topological polar surface area (TPSA) is 29.5 Å². The molecular weight excluding hydrogens is 365 g/mol. The molecule has 4 aromatic carbocycles. The molecule has 0 aliphatic carbocycles. The van der Waals surface area contributed by atoms with Crippen molar-refractivity contribution >= 4 is 51.6 Å². The van der Waals surface area contributed by atoms with Gasteiger partial charge in [-0.15, -0.1) is 0 Å². The molecule has 0 fully saturated rings. The van der Waals surface area contributed by atoms with Crippen molar-refractivity contribution in [3.8, 4) is 0 Å². The molecule has 0 spiro atoms. The summed E-state index contributed by atoms with van der Waals surface area (Å²) in [5.41, 5.74) is 1.76. The van der Waals surface area contributed by atoms with Crippen molar-refractivity contribution in [2.45, 2.75) is 19.9 Å². The Bertz CT molecular complexity index is 1270. The number of benzene rings is 4. The van der Waals surface area contributed by atoms with Gasteiger partial charge in [0.2, 0.25) is 0 Å². The number of fused-ring (bicyclic) bond motifs is 7. The van der Waals surface area contributed by atoms with Crippen molar-refractivity contribution < 1.29 is 8.39 Å². The Morgan fingerprint density at radius 1 is 0.679 bits per heavy atom. The maximum absolute atomic E-state index is 6.49. The van der Waals surface area contributed by atoms with Gasteiger partial charge in [-0.1, -0.05) is 60.7 Å². The number of hydrogen-bond acceptors (Lipinski definition) is 3. The van der Waals surface area contributed by atoms with Crippen LogP contribution in [0.25, 0.3) is 43.5 Å². The highest BCUT2D eigenvalue weighted by Gasteiger charge is 2.16. The molecule has 5 rings (SSSR count). The third kappa shape index (κ3) is 2.71. The molecule has 0 radical (unpaired) electrons. The van der Waals surface area contributed by atoms with Gasteiger partial charge in [0.1, 0.15) is 11.2 Å². The first-order valence-corrected chi connectivity index (χ1v) is 10.7. The van der Waals surface area contributed by atoms with E-state index in [1.165, 1.54) is 21.5 Å². The Kier molecular flexibility index (Phi) is 4.16. The van der Waals surface area contributed by atoms with E-state index in [1.807, 2.05) is 0 Å². The quantitative estimate of drug-likeness (QED) is 0.313. The van der Waals surface area contributed by atoms with Crippen LogP contribution in [0.3, 0.4) is 0 Å². The van der Waals surface area contributed by atoms with Crippen LogP contribution in [0.2, 0.25) is 0 Å². The van der Waals surface area contributed by atoms with Crippen LogP contribution in [0.5, 0.6) is 0 Å². The molecule has 0 aliphatic rings. The lowest BCUT2D eigenvalue weighted by molar-refractivity contribution is 0.615. The van der Waals surface area contributed by atoms with Crippen LogP contribution in [-0.2, 0) is 0 Å². The molecule has 0 bridgehead atoms. The summed E-state index contributed by atoms with van der Waals surface area (Å²) in [5, 5.41) is 7.01. The van der Waals surface area contributed by atoms with Crippen LogP contribution in [-0.4, -0.2) is 13.1 Å². The van der Waals surface area contributed by atoms with Gasteiger partial charge in [0, 0.05) is 23.9 Å². The molecule has 1 aromatic heterocycles. The van der Waals surface area contributed by atoms with Crippen molar-refractivity contribution in [2.75, 3.05) is 11.7 Å². The van der Waals surface area contributed by atoms with Crippen LogP contribution >= 0.6 is 8.16 Å². The van der Waals surface area contributed by atoms with Crippen LogP contribution in [0, 0.1) is 0 Å². The van der Waals surface area contributed by atoms with Crippen molar-refractivity contribution in [3.63, 3.8) is 0 Å². The third-order valence-corrected chi connectivity index (χ3v) is 7.07. The number of nitrogens with zero attached hydrogens (tertiary/aromatic N) is 1. The average Bonchev–Trinajstić information content (AvgIpc) is 2.90. The highest BCUT2D eigenvalue weighted by Crippen LogP contribution is 2.41. The Morgan fingerprint density at radius 3 is 1.61 bits per heavy atom. The lowest BCUT2D eigenvalue weighted by Gasteiger charge is -2.16. The summed E-state index contributed by atoms with van der Waals surface area (Å²) in [7, 11) is 0.809. The zero-order chi connectivity index (χ0) is 19.3. The first-order valence-electron chi connectivity index (χ1n) is 9.56. The van der Waals surface area contributed by atoms with E-state index in [4.69, 9.17) is 8.39 Å². The van der Waals surface area contributed by atoms with E-state index in [0.717, 1.165) is 21.9 Å². The Labute approximate surface area is 164 Å². The van der Waals surface area contributed by atoms with E-state index in [9.17, 15) is 0 Å². The molecule has 140 valence electrons. The lowest BCUT2D eigenvalue weighted by Crippen LogP contribution is -2.21. The van der Waals surface area contributed by atoms with E-state index in [1.54, 1.807) is 0 Å². The fourth-order valence-corrected chi connectivity index (χ4v) is 4.99. The monoisotopic (exact) mass is 387 g/mol. The van der Waals surface area contributed by atoms with E-state index >= 15 is 0 Å². The van der Waals surface area contributed by atoms with Crippen molar-refractivity contribution in [3.05, 3.63) is 72.8 Å². The van der Waals surface area contributed by atoms with Crippen molar-refractivity contribution in [1.82, 2.24) is 0 Å². The molecule has 0 amide bonds. The van der Waals surface area contributed by atoms with Crippen LogP contribution < -0.4 is 4.67 Å².